The summed E-state index contributed by atoms with van der Waals surface area (Å²) >= 11 is 0. The summed E-state index contributed by atoms with van der Waals surface area (Å²) in [5.74, 6) is 1.54. The van der Waals surface area contributed by atoms with Crippen molar-refractivity contribution < 1.29 is 19.4 Å². The van der Waals surface area contributed by atoms with Gasteiger partial charge in [-0.05, 0) is 55.7 Å². The summed E-state index contributed by atoms with van der Waals surface area (Å²) in [4.78, 5) is 16.5. The highest BCUT2D eigenvalue weighted by atomic mass is 16.7. The average molecular weight is 366 g/mol. The fourth-order valence-electron chi connectivity index (χ4n) is 9.07. The minimum atomic E-state index is -1.19. The molecule has 3 saturated carbocycles. The van der Waals surface area contributed by atoms with Gasteiger partial charge in [0.1, 0.15) is 11.1 Å². The lowest BCUT2D eigenvalue weighted by atomic mass is 9.45. The fraction of sp³-hybridized carbons (Fsp3) is 0.667. The van der Waals surface area contributed by atoms with E-state index in [1.165, 1.54) is 12.0 Å². The summed E-state index contributed by atoms with van der Waals surface area (Å²) in [7, 11) is 0. The molecule has 2 N–H and O–H groups in total. The highest BCUT2D eigenvalue weighted by Gasteiger charge is 2.90. The lowest BCUT2D eigenvalue weighted by Gasteiger charge is -2.61. The number of carbonyl (C=O) groups is 1. The number of aliphatic hydroxyl groups is 1. The molecule has 1 aromatic carbocycles. The van der Waals surface area contributed by atoms with E-state index < -0.39 is 11.1 Å². The first-order valence-corrected chi connectivity index (χ1v) is 10.3. The van der Waals surface area contributed by atoms with Gasteiger partial charge in [-0.15, -0.1) is 0 Å². The van der Waals surface area contributed by atoms with Crippen molar-refractivity contribution >= 4 is 11.5 Å². The summed E-state index contributed by atoms with van der Waals surface area (Å²) in [5, 5.41) is 15.5. The van der Waals surface area contributed by atoms with Crippen molar-refractivity contribution in [3.05, 3.63) is 17.7 Å². The first-order chi connectivity index (χ1) is 13.1. The van der Waals surface area contributed by atoms with Crippen molar-refractivity contribution in [3.8, 4) is 11.5 Å². The zero-order chi connectivity index (χ0) is 17.8. The minimum Gasteiger partial charge on any atom is -0.454 e. The number of hydrogen-bond donors (Lipinski definition) is 2. The molecule has 140 valence electrons. The van der Waals surface area contributed by atoms with Gasteiger partial charge in [0.25, 0.3) is 0 Å². The Morgan fingerprint density at radius 1 is 1.22 bits per heavy atom. The van der Waals surface area contributed by atoms with Gasteiger partial charge in [-0.3, -0.25) is 9.69 Å². The van der Waals surface area contributed by atoms with Crippen LogP contribution in [0.5, 0.6) is 11.5 Å². The molecule has 6 atom stereocenters. The van der Waals surface area contributed by atoms with Crippen LogP contribution in [0.15, 0.2) is 12.1 Å². The summed E-state index contributed by atoms with van der Waals surface area (Å²) in [6.45, 7) is 2.16. The standard InChI is InChI=1S/C21H22N2O4/c24-17-19(25)9-18-4-1-7-23-8-13(19)21(16(18)23)11-2-3-12-15(27-10-26-12)14(11)22-20(17,21)6-5-18/h2-3,13,16,22,25H,1,4-10H2/t13?,16-,18?,19?,20?,21-/m0/s1. The van der Waals surface area contributed by atoms with Gasteiger partial charge >= 0.3 is 0 Å². The van der Waals surface area contributed by atoms with E-state index in [0.717, 1.165) is 49.5 Å². The maximum absolute atomic E-state index is 13.9. The Hall–Kier alpha value is -1.79. The van der Waals surface area contributed by atoms with E-state index in [2.05, 4.69) is 16.3 Å². The first kappa shape index (κ1) is 14.2. The van der Waals surface area contributed by atoms with Crippen molar-refractivity contribution in [2.24, 2.45) is 11.3 Å². The monoisotopic (exact) mass is 366 g/mol. The van der Waals surface area contributed by atoms with Crippen LogP contribution in [0.25, 0.3) is 0 Å². The van der Waals surface area contributed by atoms with Crippen LogP contribution in [0, 0.1) is 11.3 Å². The maximum Gasteiger partial charge on any atom is 0.231 e. The Morgan fingerprint density at radius 3 is 3.07 bits per heavy atom. The van der Waals surface area contributed by atoms with E-state index >= 15 is 0 Å². The van der Waals surface area contributed by atoms with Crippen molar-refractivity contribution in [3.63, 3.8) is 0 Å². The molecule has 0 radical (unpaired) electrons. The van der Waals surface area contributed by atoms with E-state index in [-0.39, 0.29) is 29.3 Å². The van der Waals surface area contributed by atoms with E-state index in [4.69, 9.17) is 9.47 Å². The largest absolute Gasteiger partial charge is 0.454 e. The van der Waals surface area contributed by atoms with Gasteiger partial charge in [0.15, 0.2) is 17.3 Å². The molecule has 0 amide bonds. The second kappa shape index (κ2) is 3.72. The Morgan fingerprint density at radius 2 is 2.15 bits per heavy atom. The molecule has 2 saturated heterocycles. The van der Waals surface area contributed by atoms with Crippen LogP contribution in [-0.2, 0) is 10.2 Å². The van der Waals surface area contributed by atoms with Gasteiger partial charge in [-0.2, -0.15) is 0 Å². The number of hydrogen-bond acceptors (Lipinski definition) is 6. The lowest BCUT2D eigenvalue weighted by Crippen LogP contribution is -2.70. The van der Waals surface area contributed by atoms with E-state index in [9.17, 15) is 9.90 Å². The smallest absolute Gasteiger partial charge is 0.231 e. The summed E-state index contributed by atoms with van der Waals surface area (Å²) < 4.78 is 11.4. The lowest BCUT2D eigenvalue weighted by molar-refractivity contribution is -0.144. The van der Waals surface area contributed by atoms with Crippen LogP contribution in [0.2, 0.25) is 0 Å². The predicted octanol–water partition coefficient (Wildman–Crippen LogP) is 1.41. The van der Waals surface area contributed by atoms with Crippen LogP contribution in [0.1, 0.15) is 37.7 Å². The number of benzene rings is 1. The molecule has 1 spiro atoms. The molecule has 4 heterocycles. The molecule has 0 aromatic heterocycles. The number of carbonyl (C=O) groups excluding carboxylic acids is 1. The third-order valence-corrected chi connectivity index (χ3v) is 9.47. The number of nitrogens with one attached hydrogen (secondary N) is 1. The number of ether oxygens (including phenoxy) is 2. The topological polar surface area (TPSA) is 71.0 Å². The first-order valence-electron chi connectivity index (χ1n) is 10.3. The second-order valence-corrected chi connectivity index (χ2v) is 9.97. The normalized spacial score (nSPS) is 52.1. The molecule has 3 aliphatic carbocycles. The van der Waals surface area contributed by atoms with Crippen molar-refractivity contribution in [1.29, 1.82) is 0 Å². The number of nitrogens with zero attached hydrogens (tertiary/aromatic N) is 1. The molecule has 4 unspecified atom stereocenters. The number of rotatable bonds is 0. The number of Topliss-reactive ketones (excluding diaryl/α,β-unsaturated/α-hetero) is 1. The maximum atomic E-state index is 13.9. The Labute approximate surface area is 156 Å². The summed E-state index contributed by atoms with van der Waals surface area (Å²) in [6, 6.07) is 4.50. The van der Waals surface area contributed by atoms with Crippen LogP contribution < -0.4 is 14.8 Å². The Balaban J connectivity index is 1.52. The minimum absolute atomic E-state index is 0.0249. The highest BCUT2D eigenvalue weighted by Crippen LogP contribution is 2.80. The van der Waals surface area contributed by atoms with Crippen molar-refractivity contribution in [2.75, 3.05) is 25.2 Å². The number of piperidine rings is 1. The summed E-state index contributed by atoms with van der Waals surface area (Å²) in [6.07, 6.45) is 4.82. The molecular weight excluding hydrogens is 344 g/mol. The molecule has 6 nitrogen and oxygen atoms in total. The van der Waals surface area contributed by atoms with Crippen LogP contribution in [0.3, 0.4) is 0 Å². The highest BCUT2D eigenvalue weighted by molar-refractivity contribution is 6.08. The molecule has 5 bridgehead atoms. The van der Waals surface area contributed by atoms with Gasteiger partial charge in [-0.25, -0.2) is 0 Å². The Kier molecular flexibility index (Phi) is 1.96. The number of anilines is 1. The van der Waals surface area contributed by atoms with Gasteiger partial charge in [-0.1, -0.05) is 6.07 Å². The van der Waals surface area contributed by atoms with Gasteiger partial charge in [0.2, 0.25) is 6.79 Å². The summed E-state index contributed by atoms with van der Waals surface area (Å²) in [5.41, 5.74) is 0.0101. The van der Waals surface area contributed by atoms with Gasteiger partial charge in [0.05, 0.1) is 11.1 Å². The molecule has 27 heavy (non-hydrogen) atoms. The average Bonchev–Trinajstić information content (AvgIpc) is 3.34. The zero-order valence-corrected chi connectivity index (χ0v) is 15.1. The molecule has 5 fully saturated rings. The molecule has 8 rings (SSSR count). The third kappa shape index (κ3) is 1.08. The molecule has 7 aliphatic rings. The molecular formula is C21H22N2O4. The van der Waals surface area contributed by atoms with Crippen LogP contribution in [0.4, 0.5) is 5.69 Å². The van der Waals surface area contributed by atoms with Gasteiger partial charge < -0.3 is 19.9 Å². The number of fused-ring (bicyclic) bond motifs is 3. The van der Waals surface area contributed by atoms with E-state index in [1.807, 2.05) is 6.07 Å². The molecule has 6 heteroatoms. The fourth-order valence-corrected chi connectivity index (χ4v) is 9.07. The van der Waals surface area contributed by atoms with Crippen molar-refractivity contribution in [1.82, 2.24) is 4.90 Å². The molecule has 1 aromatic rings. The van der Waals surface area contributed by atoms with E-state index in [1.54, 1.807) is 0 Å². The zero-order valence-electron chi connectivity index (χ0n) is 15.1. The quantitative estimate of drug-likeness (QED) is 0.724. The SMILES string of the molecule is O=C1C2(O)CC34CCCN5CC2[C@@]2(c6ccc7c(c6NC12CC3)OCO7)[C@@H]54. The Bertz CT molecular complexity index is 979. The molecule has 4 aliphatic heterocycles. The number of ketones is 1. The van der Waals surface area contributed by atoms with Crippen LogP contribution >= 0.6 is 0 Å². The van der Waals surface area contributed by atoms with E-state index in [0.29, 0.717) is 12.5 Å². The van der Waals surface area contributed by atoms with Gasteiger partial charge in [0, 0.05) is 18.5 Å². The van der Waals surface area contributed by atoms with Crippen LogP contribution in [-0.4, -0.2) is 52.9 Å². The predicted molar refractivity (Wildman–Crippen MR) is 94.9 cm³/mol. The van der Waals surface area contributed by atoms with Crippen molar-refractivity contribution in [2.45, 2.75) is 54.7 Å². The third-order valence-electron chi connectivity index (χ3n) is 9.47. The second-order valence-electron chi connectivity index (χ2n) is 9.97.